The second-order valence-electron chi connectivity index (χ2n) is 6.19. The van der Waals surface area contributed by atoms with Gasteiger partial charge in [-0.1, -0.05) is 26.7 Å². The number of pyridine rings is 1. The summed E-state index contributed by atoms with van der Waals surface area (Å²) in [5.41, 5.74) is 1.66. The molecule has 1 aliphatic carbocycles. The number of amides is 1. The minimum atomic E-state index is 0.00856. The maximum Gasteiger partial charge on any atom is 0.251 e. The highest BCUT2D eigenvalue weighted by atomic mass is 16.1. The van der Waals surface area contributed by atoms with Crippen LogP contribution in [0, 0.1) is 5.92 Å². The molecule has 0 aliphatic heterocycles. The van der Waals surface area contributed by atoms with Crippen molar-refractivity contribution in [3.63, 3.8) is 0 Å². The lowest BCUT2D eigenvalue weighted by atomic mass is 10.1. The zero-order valence-corrected chi connectivity index (χ0v) is 13.4. The Morgan fingerprint density at radius 2 is 2.14 bits per heavy atom. The maximum absolute atomic E-state index is 12.3. The van der Waals surface area contributed by atoms with Gasteiger partial charge in [0.1, 0.15) is 5.82 Å². The molecule has 4 heteroatoms. The molecule has 1 heterocycles. The van der Waals surface area contributed by atoms with E-state index < -0.39 is 0 Å². The number of hydrogen-bond acceptors (Lipinski definition) is 3. The number of aromatic nitrogens is 1. The van der Waals surface area contributed by atoms with E-state index >= 15 is 0 Å². The van der Waals surface area contributed by atoms with E-state index in [2.05, 4.69) is 29.5 Å². The number of nitrogens with one attached hydrogen (secondary N) is 2. The highest BCUT2D eigenvalue weighted by Gasteiger charge is 2.20. The van der Waals surface area contributed by atoms with Crippen LogP contribution in [0.5, 0.6) is 0 Å². The molecule has 1 amide bonds. The standard InChI is InChI=1S/C17H27N3O/c1-4-18-16-11-14(10-15(20-16)12(2)3)17(21)19-9-5-6-13-7-8-13/h10-13H,4-9H2,1-3H3,(H,18,20)(H,19,21). The van der Waals surface area contributed by atoms with E-state index in [1.165, 1.54) is 19.3 Å². The Balaban J connectivity index is 1.96. The van der Waals surface area contributed by atoms with E-state index in [4.69, 9.17) is 0 Å². The molecule has 0 radical (unpaired) electrons. The summed E-state index contributed by atoms with van der Waals surface area (Å²) in [5, 5.41) is 6.22. The Kier molecular flexibility index (Phi) is 5.59. The minimum Gasteiger partial charge on any atom is -0.370 e. The Labute approximate surface area is 127 Å². The summed E-state index contributed by atoms with van der Waals surface area (Å²) >= 11 is 0. The summed E-state index contributed by atoms with van der Waals surface area (Å²) in [6.45, 7) is 7.79. The van der Waals surface area contributed by atoms with E-state index in [-0.39, 0.29) is 5.91 Å². The van der Waals surface area contributed by atoms with Crippen LogP contribution in [-0.2, 0) is 0 Å². The summed E-state index contributed by atoms with van der Waals surface area (Å²) in [6, 6.07) is 3.74. The molecule has 0 saturated heterocycles. The first-order valence-corrected chi connectivity index (χ1v) is 8.14. The van der Waals surface area contributed by atoms with Gasteiger partial charge >= 0.3 is 0 Å². The van der Waals surface area contributed by atoms with E-state index in [1.807, 2.05) is 19.1 Å². The normalized spacial score (nSPS) is 14.3. The van der Waals surface area contributed by atoms with Gasteiger partial charge in [-0.25, -0.2) is 4.98 Å². The van der Waals surface area contributed by atoms with Crippen LogP contribution in [-0.4, -0.2) is 24.0 Å². The van der Waals surface area contributed by atoms with Crippen molar-refractivity contribution in [1.29, 1.82) is 0 Å². The Morgan fingerprint density at radius 1 is 1.38 bits per heavy atom. The molecule has 116 valence electrons. The minimum absolute atomic E-state index is 0.00856. The Morgan fingerprint density at radius 3 is 2.76 bits per heavy atom. The summed E-state index contributed by atoms with van der Waals surface area (Å²) in [7, 11) is 0. The van der Waals surface area contributed by atoms with Crippen molar-refractivity contribution in [3.05, 3.63) is 23.4 Å². The molecule has 0 spiro atoms. The van der Waals surface area contributed by atoms with Crippen molar-refractivity contribution < 1.29 is 4.79 Å². The molecule has 1 aromatic rings. The number of carbonyl (C=O) groups excluding carboxylic acids is 1. The number of nitrogens with zero attached hydrogens (tertiary/aromatic N) is 1. The first kappa shape index (κ1) is 15.8. The molecule has 1 aromatic heterocycles. The first-order chi connectivity index (χ1) is 10.1. The second kappa shape index (κ2) is 7.43. The van der Waals surface area contributed by atoms with Crippen LogP contribution < -0.4 is 10.6 Å². The van der Waals surface area contributed by atoms with Crippen LogP contribution in [0.25, 0.3) is 0 Å². The predicted octanol–water partition coefficient (Wildman–Crippen LogP) is 3.56. The van der Waals surface area contributed by atoms with Gasteiger partial charge in [0.2, 0.25) is 0 Å². The van der Waals surface area contributed by atoms with Crippen molar-refractivity contribution in [2.45, 2.75) is 52.4 Å². The third kappa shape index (κ3) is 5.03. The van der Waals surface area contributed by atoms with Crippen LogP contribution in [0.3, 0.4) is 0 Å². The van der Waals surface area contributed by atoms with Gasteiger partial charge in [0.05, 0.1) is 0 Å². The fourth-order valence-electron chi connectivity index (χ4n) is 2.35. The fraction of sp³-hybridized carbons (Fsp3) is 0.647. The van der Waals surface area contributed by atoms with Crippen molar-refractivity contribution in [3.8, 4) is 0 Å². The van der Waals surface area contributed by atoms with Crippen LogP contribution in [0.15, 0.2) is 12.1 Å². The smallest absolute Gasteiger partial charge is 0.251 e. The van der Waals surface area contributed by atoms with Crippen molar-refractivity contribution in [2.75, 3.05) is 18.4 Å². The lowest BCUT2D eigenvalue weighted by Crippen LogP contribution is -2.25. The maximum atomic E-state index is 12.3. The van der Waals surface area contributed by atoms with Gasteiger partial charge in [-0.3, -0.25) is 4.79 Å². The van der Waals surface area contributed by atoms with Crippen LogP contribution in [0.1, 0.15) is 68.4 Å². The SMILES string of the molecule is CCNc1cc(C(=O)NCCCC2CC2)cc(C(C)C)n1. The van der Waals surface area contributed by atoms with Gasteiger partial charge in [0, 0.05) is 24.3 Å². The average Bonchev–Trinajstić information content (AvgIpc) is 3.27. The molecule has 1 fully saturated rings. The zero-order valence-electron chi connectivity index (χ0n) is 13.4. The number of hydrogen-bond donors (Lipinski definition) is 2. The highest BCUT2D eigenvalue weighted by Crippen LogP contribution is 2.33. The molecule has 0 unspecified atom stereocenters. The molecule has 21 heavy (non-hydrogen) atoms. The predicted molar refractivity (Wildman–Crippen MR) is 86.8 cm³/mol. The molecule has 0 bridgehead atoms. The molecule has 0 aromatic carbocycles. The van der Waals surface area contributed by atoms with Gasteiger partial charge < -0.3 is 10.6 Å². The van der Waals surface area contributed by atoms with Gasteiger partial charge in [-0.2, -0.15) is 0 Å². The highest BCUT2D eigenvalue weighted by molar-refractivity contribution is 5.95. The average molecular weight is 289 g/mol. The van der Waals surface area contributed by atoms with E-state index in [0.29, 0.717) is 11.5 Å². The first-order valence-electron chi connectivity index (χ1n) is 8.14. The zero-order chi connectivity index (χ0) is 15.2. The van der Waals surface area contributed by atoms with Crippen LogP contribution in [0.4, 0.5) is 5.82 Å². The largest absolute Gasteiger partial charge is 0.370 e. The molecule has 1 saturated carbocycles. The van der Waals surface area contributed by atoms with Crippen molar-refractivity contribution in [1.82, 2.24) is 10.3 Å². The summed E-state index contributed by atoms with van der Waals surface area (Å²) in [6.07, 6.45) is 5.08. The van der Waals surface area contributed by atoms with E-state index in [1.54, 1.807) is 0 Å². The molecule has 4 nitrogen and oxygen atoms in total. The Hall–Kier alpha value is -1.58. The lowest BCUT2D eigenvalue weighted by molar-refractivity contribution is 0.0952. The van der Waals surface area contributed by atoms with Gasteiger partial charge in [-0.15, -0.1) is 0 Å². The molecular formula is C17H27N3O. The van der Waals surface area contributed by atoms with Crippen LogP contribution >= 0.6 is 0 Å². The van der Waals surface area contributed by atoms with Crippen molar-refractivity contribution in [2.24, 2.45) is 5.92 Å². The second-order valence-corrected chi connectivity index (χ2v) is 6.19. The summed E-state index contributed by atoms with van der Waals surface area (Å²) < 4.78 is 0. The van der Waals surface area contributed by atoms with Gasteiger partial charge in [-0.05, 0) is 43.7 Å². The summed E-state index contributed by atoms with van der Waals surface area (Å²) in [5.74, 6) is 2.03. The fourth-order valence-corrected chi connectivity index (χ4v) is 2.35. The van der Waals surface area contributed by atoms with Crippen LogP contribution in [0.2, 0.25) is 0 Å². The van der Waals surface area contributed by atoms with Gasteiger partial charge in [0.25, 0.3) is 5.91 Å². The third-order valence-corrected chi connectivity index (χ3v) is 3.83. The quantitative estimate of drug-likeness (QED) is 0.719. The Bertz CT molecular complexity index is 481. The number of carbonyl (C=O) groups is 1. The monoisotopic (exact) mass is 289 g/mol. The molecular weight excluding hydrogens is 262 g/mol. The molecule has 1 aliphatic rings. The third-order valence-electron chi connectivity index (χ3n) is 3.83. The summed E-state index contributed by atoms with van der Waals surface area (Å²) in [4.78, 5) is 16.8. The molecule has 0 atom stereocenters. The van der Waals surface area contributed by atoms with Gasteiger partial charge in [0.15, 0.2) is 0 Å². The number of rotatable bonds is 8. The number of anilines is 1. The van der Waals surface area contributed by atoms with E-state index in [0.717, 1.165) is 36.9 Å². The topological polar surface area (TPSA) is 54.0 Å². The van der Waals surface area contributed by atoms with E-state index in [9.17, 15) is 4.79 Å². The lowest BCUT2D eigenvalue weighted by Gasteiger charge is -2.12. The van der Waals surface area contributed by atoms with Crippen molar-refractivity contribution >= 4 is 11.7 Å². The molecule has 2 N–H and O–H groups in total. The molecule has 2 rings (SSSR count).